The molecule has 0 atom stereocenters. The zero-order valence-electron chi connectivity index (χ0n) is 18.0. The average molecular weight is 453 g/mol. The number of aryl methyl sites for hydroxylation is 1. The van der Waals surface area contributed by atoms with E-state index in [9.17, 15) is 10.1 Å². The van der Waals surface area contributed by atoms with Crippen molar-refractivity contribution in [2.24, 2.45) is 0 Å². The van der Waals surface area contributed by atoms with Crippen LogP contribution in [-0.4, -0.2) is 5.91 Å². The van der Waals surface area contributed by atoms with E-state index in [-0.39, 0.29) is 5.57 Å². The lowest BCUT2D eigenvalue weighted by atomic mass is 10.1. The number of carbonyl (C=O) groups excluding carboxylic acids is 1. The van der Waals surface area contributed by atoms with Gasteiger partial charge in [0.05, 0.1) is 10.7 Å². The number of halogens is 1. The lowest BCUT2D eigenvalue weighted by molar-refractivity contribution is -0.112. The van der Waals surface area contributed by atoms with Gasteiger partial charge in [0, 0.05) is 0 Å². The van der Waals surface area contributed by atoms with Crippen molar-refractivity contribution in [3.63, 3.8) is 0 Å². The van der Waals surface area contributed by atoms with Crippen LogP contribution in [-0.2, 0) is 11.4 Å². The van der Waals surface area contributed by atoms with E-state index >= 15 is 0 Å². The fourth-order valence-electron chi connectivity index (χ4n) is 3.53. The second-order valence-electron chi connectivity index (χ2n) is 7.55. The Hall–Kier alpha value is -4.07. The Morgan fingerprint density at radius 3 is 2.48 bits per heavy atom. The summed E-state index contributed by atoms with van der Waals surface area (Å²) in [7, 11) is 0. The molecule has 0 aliphatic heterocycles. The van der Waals surface area contributed by atoms with Crippen molar-refractivity contribution < 1.29 is 9.53 Å². The molecule has 0 heterocycles. The number of nitriles is 1. The van der Waals surface area contributed by atoms with Crippen LogP contribution in [0.4, 0.5) is 5.69 Å². The van der Waals surface area contributed by atoms with Crippen molar-refractivity contribution in [2.75, 3.05) is 5.32 Å². The number of carbonyl (C=O) groups is 1. The Labute approximate surface area is 197 Å². The molecular formula is C28H21ClN2O2. The van der Waals surface area contributed by atoms with Crippen molar-refractivity contribution in [3.8, 4) is 11.8 Å². The Balaban J connectivity index is 1.45. The smallest absolute Gasteiger partial charge is 0.266 e. The van der Waals surface area contributed by atoms with Crippen LogP contribution < -0.4 is 10.1 Å². The monoisotopic (exact) mass is 452 g/mol. The van der Waals surface area contributed by atoms with Crippen molar-refractivity contribution in [1.29, 1.82) is 5.26 Å². The Bertz CT molecular complexity index is 1360. The highest BCUT2D eigenvalue weighted by Gasteiger charge is 2.13. The maximum absolute atomic E-state index is 12.6. The van der Waals surface area contributed by atoms with E-state index in [1.165, 1.54) is 11.5 Å². The zero-order chi connectivity index (χ0) is 23.2. The van der Waals surface area contributed by atoms with E-state index in [1.807, 2.05) is 61.5 Å². The average Bonchev–Trinajstić information content (AvgIpc) is 2.84. The van der Waals surface area contributed by atoms with E-state index in [0.29, 0.717) is 23.1 Å². The molecule has 0 aromatic heterocycles. The van der Waals surface area contributed by atoms with Gasteiger partial charge in [0.1, 0.15) is 24.0 Å². The molecule has 0 saturated heterocycles. The summed E-state index contributed by atoms with van der Waals surface area (Å²) < 4.78 is 5.96. The molecule has 0 unspecified atom stereocenters. The third-order valence-electron chi connectivity index (χ3n) is 5.29. The normalized spacial score (nSPS) is 11.1. The second kappa shape index (κ2) is 10.0. The molecule has 0 fully saturated rings. The lowest BCUT2D eigenvalue weighted by Crippen LogP contribution is -2.14. The summed E-state index contributed by atoms with van der Waals surface area (Å²) in [5.41, 5.74) is 3.13. The zero-order valence-corrected chi connectivity index (χ0v) is 18.8. The molecule has 162 valence electrons. The van der Waals surface area contributed by atoms with Crippen LogP contribution in [0.1, 0.15) is 16.7 Å². The van der Waals surface area contributed by atoms with Crippen LogP contribution in [0.2, 0.25) is 5.02 Å². The van der Waals surface area contributed by atoms with Crippen molar-refractivity contribution in [1.82, 2.24) is 0 Å². The number of para-hydroxylation sites is 1. The van der Waals surface area contributed by atoms with Gasteiger partial charge in [-0.1, -0.05) is 78.3 Å². The Morgan fingerprint density at radius 1 is 1.00 bits per heavy atom. The number of nitrogens with one attached hydrogen (secondary N) is 1. The van der Waals surface area contributed by atoms with Crippen LogP contribution in [0.25, 0.3) is 16.8 Å². The minimum absolute atomic E-state index is 0.0151. The number of fused-ring (bicyclic) bond motifs is 1. The van der Waals surface area contributed by atoms with Gasteiger partial charge in [-0.15, -0.1) is 0 Å². The maximum Gasteiger partial charge on any atom is 0.266 e. The summed E-state index contributed by atoms with van der Waals surface area (Å²) in [4.78, 5) is 12.6. The molecule has 0 saturated carbocycles. The first-order valence-electron chi connectivity index (χ1n) is 10.4. The van der Waals surface area contributed by atoms with Crippen LogP contribution in [0.15, 0.2) is 90.5 Å². The number of hydrogen-bond acceptors (Lipinski definition) is 3. The summed E-state index contributed by atoms with van der Waals surface area (Å²) in [6, 6.07) is 28.9. The number of amides is 1. The predicted octanol–water partition coefficient (Wildman–Crippen LogP) is 6.93. The molecular weight excluding hydrogens is 432 g/mol. The molecule has 0 aliphatic carbocycles. The second-order valence-corrected chi connectivity index (χ2v) is 7.96. The minimum Gasteiger partial charge on any atom is -0.489 e. The van der Waals surface area contributed by atoms with Crippen molar-refractivity contribution in [3.05, 3.63) is 112 Å². The van der Waals surface area contributed by atoms with Gasteiger partial charge in [0.25, 0.3) is 5.91 Å². The summed E-state index contributed by atoms with van der Waals surface area (Å²) in [6.07, 6.45) is 1.54. The molecule has 4 aromatic carbocycles. The molecule has 1 amide bonds. The van der Waals surface area contributed by atoms with Gasteiger partial charge in [-0.2, -0.15) is 5.26 Å². The van der Waals surface area contributed by atoms with Gasteiger partial charge in [0.15, 0.2) is 0 Å². The predicted molar refractivity (Wildman–Crippen MR) is 133 cm³/mol. The van der Waals surface area contributed by atoms with E-state index in [4.69, 9.17) is 16.3 Å². The van der Waals surface area contributed by atoms with Crippen LogP contribution >= 0.6 is 11.6 Å². The molecule has 4 nitrogen and oxygen atoms in total. The van der Waals surface area contributed by atoms with E-state index in [2.05, 4.69) is 29.6 Å². The van der Waals surface area contributed by atoms with Gasteiger partial charge >= 0.3 is 0 Å². The fraction of sp³-hybridized carbons (Fsp3) is 0.0714. The number of rotatable bonds is 6. The standard InChI is InChI=1S/C28H21ClN2O2/c1-19-6-4-11-26(29)27(19)31-28(32)23(17-30)16-20-12-14-24(15-13-20)33-18-22-9-5-8-21-7-2-3-10-25(21)22/h2-16H,18H2,1H3,(H,31,32)/b23-16+. The molecule has 4 rings (SSSR count). The summed E-state index contributed by atoms with van der Waals surface area (Å²) >= 11 is 6.17. The number of hydrogen-bond donors (Lipinski definition) is 1. The molecule has 0 radical (unpaired) electrons. The van der Waals surface area contributed by atoms with Crippen LogP contribution in [0, 0.1) is 18.3 Å². The molecule has 0 bridgehead atoms. The quantitative estimate of drug-likeness (QED) is 0.255. The van der Waals surface area contributed by atoms with Gasteiger partial charge < -0.3 is 10.1 Å². The summed E-state index contributed by atoms with van der Waals surface area (Å²) in [5.74, 6) is 0.194. The Morgan fingerprint density at radius 2 is 1.73 bits per heavy atom. The summed E-state index contributed by atoms with van der Waals surface area (Å²) in [6.45, 7) is 2.29. The third-order valence-corrected chi connectivity index (χ3v) is 5.61. The van der Waals surface area contributed by atoms with Gasteiger partial charge in [-0.3, -0.25) is 4.79 Å². The third kappa shape index (κ3) is 5.23. The highest BCUT2D eigenvalue weighted by Crippen LogP contribution is 2.26. The highest BCUT2D eigenvalue weighted by atomic mass is 35.5. The van der Waals surface area contributed by atoms with Crippen molar-refractivity contribution in [2.45, 2.75) is 13.5 Å². The topological polar surface area (TPSA) is 62.1 Å². The molecule has 0 aliphatic rings. The summed E-state index contributed by atoms with van der Waals surface area (Å²) in [5, 5.41) is 15.0. The first kappa shape index (κ1) is 22.1. The van der Waals surface area contributed by atoms with Crippen LogP contribution in [0.3, 0.4) is 0 Å². The first-order chi connectivity index (χ1) is 16.0. The van der Waals surface area contributed by atoms with Gasteiger partial charge in [-0.05, 0) is 58.7 Å². The Kier molecular flexibility index (Phi) is 6.73. The molecule has 33 heavy (non-hydrogen) atoms. The molecule has 5 heteroatoms. The number of benzene rings is 4. The van der Waals surface area contributed by atoms with E-state index in [0.717, 1.165) is 22.1 Å². The molecule has 4 aromatic rings. The number of anilines is 1. The maximum atomic E-state index is 12.6. The first-order valence-corrected chi connectivity index (χ1v) is 10.8. The lowest BCUT2D eigenvalue weighted by Gasteiger charge is -2.10. The minimum atomic E-state index is -0.509. The van der Waals surface area contributed by atoms with Gasteiger partial charge in [0.2, 0.25) is 0 Å². The SMILES string of the molecule is Cc1cccc(Cl)c1NC(=O)/C(C#N)=C/c1ccc(OCc2cccc3ccccc23)cc1. The van der Waals surface area contributed by atoms with E-state index in [1.54, 1.807) is 12.1 Å². The highest BCUT2D eigenvalue weighted by molar-refractivity contribution is 6.34. The van der Waals surface area contributed by atoms with Gasteiger partial charge in [-0.25, -0.2) is 0 Å². The van der Waals surface area contributed by atoms with E-state index < -0.39 is 5.91 Å². The van der Waals surface area contributed by atoms with Crippen molar-refractivity contribution >= 4 is 40.0 Å². The largest absolute Gasteiger partial charge is 0.489 e. The van der Waals surface area contributed by atoms with Crippen LogP contribution in [0.5, 0.6) is 5.75 Å². The molecule has 1 N–H and O–H groups in total. The molecule has 0 spiro atoms. The number of ether oxygens (including phenoxy) is 1. The number of nitrogens with zero attached hydrogens (tertiary/aromatic N) is 1. The fourth-order valence-corrected chi connectivity index (χ4v) is 3.80.